The maximum atomic E-state index is 13.7. The molecule has 3 nitrogen and oxygen atoms in total. The van der Waals surface area contributed by atoms with Crippen molar-refractivity contribution in [3.63, 3.8) is 0 Å². The van der Waals surface area contributed by atoms with Crippen molar-refractivity contribution in [2.24, 2.45) is 0 Å². The zero-order valence-electron chi connectivity index (χ0n) is 10.9. The summed E-state index contributed by atoms with van der Waals surface area (Å²) in [7, 11) is 0. The Hall–Kier alpha value is -2.36. The third-order valence-corrected chi connectivity index (χ3v) is 3.77. The van der Waals surface area contributed by atoms with Gasteiger partial charge in [0.25, 0.3) is 0 Å². The summed E-state index contributed by atoms with van der Waals surface area (Å²) in [5.74, 6) is 0.435. The summed E-state index contributed by atoms with van der Waals surface area (Å²) in [5.41, 5.74) is 8.56. The lowest BCUT2D eigenvalue weighted by atomic mass is 10.2. The predicted octanol–water partition coefficient (Wildman–Crippen LogP) is 3.76. The normalized spacial score (nSPS) is 14.8. The van der Waals surface area contributed by atoms with Crippen molar-refractivity contribution in [3.05, 3.63) is 48.3 Å². The monoisotopic (exact) mass is 267 g/mol. The highest BCUT2D eigenvalue weighted by atomic mass is 19.1. The van der Waals surface area contributed by atoms with Gasteiger partial charge in [-0.25, -0.2) is 9.37 Å². The maximum Gasteiger partial charge on any atom is 0.146 e. The van der Waals surface area contributed by atoms with Crippen LogP contribution in [0.25, 0.3) is 22.4 Å². The van der Waals surface area contributed by atoms with E-state index < -0.39 is 5.82 Å². The van der Waals surface area contributed by atoms with Gasteiger partial charge in [0.1, 0.15) is 11.6 Å². The van der Waals surface area contributed by atoms with E-state index >= 15 is 0 Å². The van der Waals surface area contributed by atoms with E-state index in [-0.39, 0.29) is 5.69 Å². The van der Waals surface area contributed by atoms with Crippen molar-refractivity contribution in [2.45, 2.75) is 18.9 Å². The van der Waals surface area contributed by atoms with Crippen LogP contribution >= 0.6 is 0 Å². The zero-order valence-corrected chi connectivity index (χ0v) is 10.9. The number of para-hydroxylation sites is 2. The Morgan fingerprint density at radius 1 is 1.15 bits per heavy atom. The molecule has 20 heavy (non-hydrogen) atoms. The SMILES string of the molecule is Nc1ccc(-c2nc3ccccc3n2C2CC2)cc1F. The van der Waals surface area contributed by atoms with Crippen LogP contribution in [0.3, 0.4) is 0 Å². The second-order valence-electron chi connectivity index (χ2n) is 5.26. The molecule has 3 aromatic rings. The second-order valence-corrected chi connectivity index (χ2v) is 5.26. The van der Waals surface area contributed by atoms with E-state index in [0.717, 1.165) is 35.3 Å². The molecule has 1 aliphatic rings. The van der Waals surface area contributed by atoms with Crippen LogP contribution in [0.2, 0.25) is 0 Å². The van der Waals surface area contributed by atoms with E-state index in [9.17, 15) is 4.39 Å². The van der Waals surface area contributed by atoms with Gasteiger partial charge in [0, 0.05) is 11.6 Å². The first kappa shape index (κ1) is 11.5. The Bertz CT molecular complexity index is 803. The number of aromatic nitrogens is 2. The lowest BCUT2D eigenvalue weighted by Gasteiger charge is -2.08. The van der Waals surface area contributed by atoms with Crippen LogP contribution in [0.1, 0.15) is 18.9 Å². The maximum absolute atomic E-state index is 13.7. The summed E-state index contributed by atoms with van der Waals surface area (Å²) in [6.45, 7) is 0. The Morgan fingerprint density at radius 3 is 2.70 bits per heavy atom. The van der Waals surface area contributed by atoms with Crippen molar-refractivity contribution in [1.29, 1.82) is 0 Å². The van der Waals surface area contributed by atoms with E-state index in [0.29, 0.717) is 6.04 Å². The lowest BCUT2D eigenvalue weighted by molar-refractivity contribution is 0.632. The van der Waals surface area contributed by atoms with Crippen molar-refractivity contribution in [1.82, 2.24) is 9.55 Å². The number of hydrogen-bond acceptors (Lipinski definition) is 2. The third-order valence-electron chi connectivity index (χ3n) is 3.77. The van der Waals surface area contributed by atoms with E-state index in [1.54, 1.807) is 6.07 Å². The van der Waals surface area contributed by atoms with Gasteiger partial charge >= 0.3 is 0 Å². The largest absolute Gasteiger partial charge is 0.396 e. The highest BCUT2D eigenvalue weighted by molar-refractivity contribution is 5.81. The first-order valence-corrected chi connectivity index (χ1v) is 6.76. The number of nitrogens with zero attached hydrogens (tertiary/aromatic N) is 2. The molecule has 0 aliphatic heterocycles. The highest BCUT2D eigenvalue weighted by Gasteiger charge is 2.28. The molecule has 4 heteroatoms. The fourth-order valence-electron chi connectivity index (χ4n) is 2.62. The second kappa shape index (κ2) is 4.07. The molecule has 2 aromatic carbocycles. The van der Waals surface area contributed by atoms with Gasteiger partial charge in [0.05, 0.1) is 16.7 Å². The number of nitrogen functional groups attached to an aromatic ring is 1. The van der Waals surface area contributed by atoms with Crippen molar-refractivity contribution in [3.8, 4) is 11.4 Å². The summed E-state index contributed by atoms with van der Waals surface area (Å²) in [5, 5.41) is 0. The van der Waals surface area contributed by atoms with Crippen LogP contribution in [-0.2, 0) is 0 Å². The molecule has 0 unspecified atom stereocenters. The molecule has 1 saturated carbocycles. The van der Waals surface area contributed by atoms with Gasteiger partial charge < -0.3 is 10.3 Å². The van der Waals surface area contributed by atoms with E-state index in [2.05, 4.69) is 15.6 Å². The van der Waals surface area contributed by atoms with Crippen molar-refractivity contribution >= 4 is 16.7 Å². The summed E-state index contributed by atoms with van der Waals surface area (Å²) in [6, 6.07) is 13.4. The molecule has 0 saturated heterocycles. The quantitative estimate of drug-likeness (QED) is 0.718. The van der Waals surface area contributed by atoms with Gasteiger partial charge in [-0.05, 0) is 43.2 Å². The molecule has 0 atom stereocenters. The van der Waals surface area contributed by atoms with Gasteiger partial charge in [-0.15, -0.1) is 0 Å². The van der Waals surface area contributed by atoms with Crippen LogP contribution in [0.15, 0.2) is 42.5 Å². The number of imidazole rings is 1. The average molecular weight is 267 g/mol. The highest BCUT2D eigenvalue weighted by Crippen LogP contribution is 2.41. The molecule has 1 aliphatic carbocycles. The minimum Gasteiger partial charge on any atom is -0.396 e. The van der Waals surface area contributed by atoms with Gasteiger partial charge in [-0.1, -0.05) is 12.1 Å². The van der Waals surface area contributed by atoms with Gasteiger partial charge in [0.2, 0.25) is 0 Å². The molecule has 1 fully saturated rings. The fourth-order valence-corrected chi connectivity index (χ4v) is 2.62. The smallest absolute Gasteiger partial charge is 0.146 e. The molecule has 1 aromatic heterocycles. The number of anilines is 1. The summed E-state index contributed by atoms with van der Waals surface area (Å²) in [6.07, 6.45) is 2.32. The molecular formula is C16H14FN3. The first-order valence-electron chi connectivity index (χ1n) is 6.76. The molecule has 0 bridgehead atoms. The molecule has 100 valence electrons. The predicted molar refractivity (Wildman–Crippen MR) is 77.8 cm³/mol. The summed E-state index contributed by atoms with van der Waals surface area (Å²) >= 11 is 0. The molecule has 4 rings (SSSR count). The zero-order chi connectivity index (χ0) is 13.7. The third kappa shape index (κ3) is 1.68. The van der Waals surface area contributed by atoms with Crippen LogP contribution in [0, 0.1) is 5.82 Å². The fraction of sp³-hybridized carbons (Fsp3) is 0.188. The molecule has 1 heterocycles. The standard InChI is InChI=1S/C16H14FN3/c17-12-9-10(5-8-13(12)18)16-19-14-3-1-2-4-15(14)20(16)11-6-7-11/h1-5,8-9,11H,6-7,18H2. The van der Waals surface area contributed by atoms with E-state index in [1.807, 2.05) is 24.3 Å². The Kier molecular flexibility index (Phi) is 2.33. The van der Waals surface area contributed by atoms with Crippen molar-refractivity contribution < 1.29 is 4.39 Å². The Morgan fingerprint density at radius 2 is 1.95 bits per heavy atom. The molecule has 0 amide bonds. The first-order chi connectivity index (χ1) is 9.74. The number of nitrogens with two attached hydrogens (primary N) is 1. The van der Waals surface area contributed by atoms with Crippen molar-refractivity contribution in [2.75, 3.05) is 5.73 Å². The Labute approximate surface area is 115 Å². The van der Waals surface area contributed by atoms with Crippen LogP contribution < -0.4 is 5.73 Å². The van der Waals surface area contributed by atoms with Crippen LogP contribution in [-0.4, -0.2) is 9.55 Å². The van der Waals surface area contributed by atoms with Crippen LogP contribution in [0.4, 0.5) is 10.1 Å². The van der Waals surface area contributed by atoms with Crippen LogP contribution in [0.5, 0.6) is 0 Å². The minimum atomic E-state index is -0.392. The van der Waals surface area contributed by atoms with Gasteiger partial charge in [-0.3, -0.25) is 0 Å². The molecule has 0 radical (unpaired) electrons. The summed E-state index contributed by atoms with van der Waals surface area (Å²) < 4.78 is 15.9. The number of hydrogen-bond donors (Lipinski definition) is 1. The average Bonchev–Trinajstić information content (AvgIpc) is 3.22. The van der Waals surface area contributed by atoms with Gasteiger partial charge in [-0.2, -0.15) is 0 Å². The number of benzene rings is 2. The number of fused-ring (bicyclic) bond motifs is 1. The molecule has 2 N–H and O–H groups in total. The van der Waals surface area contributed by atoms with E-state index in [4.69, 9.17) is 5.73 Å². The Balaban J connectivity index is 1.98. The lowest BCUT2D eigenvalue weighted by Crippen LogP contribution is -1.98. The van der Waals surface area contributed by atoms with Gasteiger partial charge in [0.15, 0.2) is 0 Å². The minimum absolute atomic E-state index is 0.169. The molecule has 0 spiro atoms. The number of halogens is 1. The number of rotatable bonds is 2. The molecular weight excluding hydrogens is 253 g/mol. The van der Waals surface area contributed by atoms with E-state index in [1.165, 1.54) is 6.07 Å². The summed E-state index contributed by atoms with van der Waals surface area (Å²) in [4.78, 5) is 4.67. The topological polar surface area (TPSA) is 43.8 Å².